The first-order valence-electron chi connectivity index (χ1n) is 2.86. The highest BCUT2D eigenvalue weighted by Gasteiger charge is 1.85. The zero-order chi connectivity index (χ0) is 9.98. The van der Waals surface area contributed by atoms with Gasteiger partial charge in [0.15, 0.2) is 0 Å². The fourth-order valence-electron chi connectivity index (χ4n) is 0.154. The lowest BCUT2D eigenvalue weighted by molar-refractivity contribution is -0.0231. The number of nitrogens with two attached hydrogens (primary N) is 1. The average Bonchev–Trinajstić information content (AvgIpc) is 1.86. The molecule has 0 spiro atoms. The van der Waals surface area contributed by atoms with Crippen molar-refractivity contribution in [1.29, 1.82) is 0 Å². The number of amides is 1. The highest BCUT2D eigenvalue weighted by Crippen LogP contribution is 1.80. The normalized spacial score (nSPS) is 9.58. The molecule has 0 aliphatic carbocycles. The summed E-state index contributed by atoms with van der Waals surface area (Å²) < 4.78 is 5.20. The number of rotatable bonds is 1. The van der Waals surface area contributed by atoms with Crippen molar-refractivity contribution in [1.82, 2.24) is 0 Å². The zero-order valence-electron chi connectivity index (χ0n) is 6.45. The number of alkyl halides is 1. The Morgan fingerprint density at radius 3 is 2.50 bits per heavy atom. The van der Waals surface area contributed by atoms with E-state index in [0.717, 1.165) is 4.43 Å². The predicted molar refractivity (Wildman–Crippen MR) is 51.6 cm³/mol. The second-order valence-corrected chi connectivity index (χ2v) is 2.23. The molecule has 0 aromatic carbocycles. The Balaban J connectivity index is 0. The first-order valence-corrected chi connectivity index (χ1v) is 4.39. The molecule has 0 aromatic heterocycles. The van der Waals surface area contributed by atoms with Crippen molar-refractivity contribution >= 4 is 28.7 Å². The average molecular weight is 287 g/mol. The van der Waals surface area contributed by atoms with Crippen LogP contribution in [0.3, 0.4) is 0 Å². The summed E-state index contributed by atoms with van der Waals surface area (Å²) in [4.78, 5) is 8.78. The molecule has 0 fully saturated rings. The van der Waals surface area contributed by atoms with E-state index in [1.165, 1.54) is 6.92 Å². The van der Waals surface area contributed by atoms with Crippen LogP contribution in [-0.4, -0.2) is 27.0 Å². The van der Waals surface area contributed by atoms with E-state index in [9.17, 15) is 0 Å². The summed E-state index contributed by atoms with van der Waals surface area (Å²) in [5, 5.41) is 15.6. The van der Waals surface area contributed by atoms with Crippen molar-refractivity contribution in [2.24, 2.45) is 5.73 Å². The Hall–Kier alpha value is -0.680. The number of aliphatic hydroxyl groups is 1. The SMILES string of the molecule is CC(O)OC#CCI.NC(=O)O. The van der Waals surface area contributed by atoms with Crippen LogP contribution < -0.4 is 5.73 Å². The van der Waals surface area contributed by atoms with Crippen molar-refractivity contribution in [3.8, 4) is 12.0 Å². The van der Waals surface area contributed by atoms with Gasteiger partial charge in [0.2, 0.25) is 6.29 Å². The Bertz CT molecular complexity index is 168. The van der Waals surface area contributed by atoms with Crippen molar-refractivity contribution < 1.29 is 19.7 Å². The third-order valence-electron chi connectivity index (χ3n) is 0.368. The van der Waals surface area contributed by atoms with Crippen LogP contribution in [0.4, 0.5) is 4.79 Å². The lowest BCUT2D eigenvalue weighted by Crippen LogP contribution is -2.03. The summed E-state index contributed by atoms with van der Waals surface area (Å²) in [5.41, 5.74) is 4.03. The van der Waals surface area contributed by atoms with E-state index in [1.807, 2.05) is 0 Å². The van der Waals surface area contributed by atoms with Gasteiger partial charge < -0.3 is 20.7 Å². The first kappa shape index (κ1) is 13.9. The van der Waals surface area contributed by atoms with Crippen LogP contribution in [0.5, 0.6) is 0 Å². The van der Waals surface area contributed by atoms with E-state index in [1.54, 1.807) is 0 Å². The third kappa shape index (κ3) is 34.6. The van der Waals surface area contributed by atoms with E-state index >= 15 is 0 Å². The molecule has 0 aliphatic rings. The standard InChI is InChI=1S/C5H7IO2.CH3NO2/c1-5(7)8-4-2-3-6;2-1(3)4/h5,7H,3H2,1H3;2H2,(H,3,4). The molecule has 0 aliphatic heterocycles. The summed E-state index contributed by atoms with van der Waals surface area (Å²) >= 11 is 2.10. The third-order valence-corrected chi connectivity index (χ3v) is 0.750. The van der Waals surface area contributed by atoms with Gasteiger partial charge in [-0.05, 0) is 12.8 Å². The van der Waals surface area contributed by atoms with Gasteiger partial charge in [0.05, 0.1) is 4.43 Å². The van der Waals surface area contributed by atoms with Gasteiger partial charge in [-0.15, -0.1) is 0 Å². The van der Waals surface area contributed by atoms with E-state index in [0.29, 0.717) is 0 Å². The number of carbonyl (C=O) groups is 1. The quantitative estimate of drug-likeness (QED) is 0.281. The fourth-order valence-corrected chi connectivity index (χ4v) is 0.310. The molecule has 12 heavy (non-hydrogen) atoms. The molecule has 0 radical (unpaired) electrons. The Labute approximate surface area is 84.0 Å². The number of halogens is 1. The summed E-state index contributed by atoms with van der Waals surface area (Å²) in [6.45, 7) is 1.52. The van der Waals surface area contributed by atoms with Crippen molar-refractivity contribution in [3.63, 3.8) is 0 Å². The second kappa shape index (κ2) is 10.3. The van der Waals surface area contributed by atoms with E-state index in [2.05, 4.69) is 45.1 Å². The van der Waals surface area contributed by atoms with Crippen LogP contribution in [0.15, 0.2) is 0 Å². The maximum Gasteiger partial charge on any atom is 0.402 e. The highest BCUT2D eigenvalue weighted by atomic mass is 127. The number of ether oxygens (including phenoxy) is 1. The summed E-state index contributed by atoms with van der Waals surface area (Å²) in [7, 11) is 0. The van der Waals surface area contributed by atoms with Crippen LogP contribution >= 0.6 is 22.6 Å². The van der Waals surface area contributed by atoms with Crippen LogP contribution in [0.1, 0.15) is 6.92 Å². The number of hydrogen-bond donors (Lipinski definition) is 3. The molecule has 1 atom stereocenters. The van der Waals surface area contributed by atoms with Gasteiger partial charge in [-0.25, -0.2) is 4.79 Å². The molecule has 0 heterocycles. The van der Waals surface area contributed by atoms with Crippen molar-refractivity contribution in [2.45, 2.75) is 13.2 Å². The molecular formula is C6H10INO4. The second-order valence-electron chi connectivity index (χ2n) is 1.47. The minimum absolute atomic E-state index is 0.727. The van der Waals surface area contributed by atoms with Gasteiger partial charge in [-0.2, -0.15) is 0 Å². The minimum Gasteiger partial charge on any atom is -0.465 e. The van der Waals surface area contributed by atoms with Gasteiger partial charge in [0, 0.05) is 0 Å². The Morgan fingerprint density at radius 2 is 2.25 bits per heavy atom. The number of primary amides is 1. The molecule has 5 nitrogen and oxygen atoms in total. The zero-order valence-corrected chi connectivity index (χ0v) is 8.61. The molecule has 4 N–H and O–H groups in total. The molecule has 0 rings (SSSR count). The topological polar surface area (TPSA) is 92.8 Å². The van der Waals surface area contributed by atoms with Crippen LogP contribution in [0, 0.1) is 12.0 Å². The molecule has 0 saturated carbocycles. The summed E-state index contributed by atoms with van der Waals surface area (Å²) in [5.74, 6) is 2.63. The highest BCUT2D eigenvalue weighted by molar-refractivity contribution is 14.1. The lowest BCUT2D eigenvalue weighted by atomic mass is 10.7. The Morgan fingerprint density at radius 1 is 1.83 bits per heavy atom. The van der Waals surface area contributed by atoms with Gasteiger partial charge in [-0.1, -0.05) is 22.6 Å². The summed E-state index contributed by atoms with van der Waals surface area (Å²) in [6.07, 6.45) is 0.221. The largest absolute Gasteiger partial charge is 0.465 e. The minimum atomic E-state index is -1.33. The van der Waals surface area contributed by atoms with Crippen LogP contribution in [-0.2, 0) is 4.74 Å². The van der Waals surface area contributed by atoms with Gasteiger partial charge in [0.1, 0.15) is 6.11 Å². The lowest BCUT2D eigenvalue weighted by Gasteiger charge is -1.95. The number of aliphatic hydroxyl groups excluding tert-OH is 1. The molecule has 70 valence electrons. The molecular weight excluding hydrogens is 277 g/mol. The van der Waals surface area contributed by atoms with Crippen LogP contribution in [0.2, 0.25) is 0 Å². The van der Waals surface area contributed by atoms with Gasteiger partial charge >= 0.3 is 6.09 Å². The monoisotopic (exact) mass is 287 g/mol. The molecule has 0 aromatic rings. The maximum absolute atomic E-state index is 8.78. The fraction of sp³-hybridized carbons (Fsp3) is 0.500. The first-order chi connectivity index (χ1) is 5.50. The molecule has 6 heteroatoms. The molecule has 1 unspecified atom stereocenters. The smallest absolute Gasteiger partial charge is 0.402 e. The molecule has 0 bridgehead atoms. The maximum atomic E-state index is 8.78. The van der Waals surface area contributed by atoms with Gasteiger partial charge in [-0.3, -0.25) is 0 Å². The van der Waals surface area contributed by atoms with Crippen LogP contribution in [0.25, 0.3) is 0 Å². The van der Waals surface area contributed by atoms with Gasteiger partial charge in [0.25, 0.3) is 0 Å². The van der Waals surface area contributed by atoms with Crippen molar-refractivity contribution in [2.75, 3.05) is 4.43 Å². The van der Waals surface area contributed by atoms with E-state index < -0.39 is 12.4 Å². The number of carboxylic acid groups (broad SMARTS) is 1. The Kier molecular flexibility index (Phi) is 11.9. The summed E-state index contributed by atoms with van der Waals surface area (Å²) in [6, 6.07) is 0. The van der Waals surface area contributed by atoms with E-state index in [4.69, 9.17) is 15.0 Å². The van der Waals surface area contributed by atoms with Crippen molar-refractivity contribution in [3.05, 3.63) is 0 Å². The van der Waals surface area contributed by atoms with E-state index in [-0.39, 0.29) is 0 Å². The number of hydrogen-bond acceptors (Lipinski definition) is 3. The molecule has 1 amide bonds. The molecule has 0 saturated heterocycles. The predicted octanol–water partition coefficient (Wildman–Crippen LogP) is 0.360.